The van der Waals surface area contributed by atoms with Gasteiger partial charge in [-0.25, -0.2) is 4.79 Å². The first-order valence-corrected chi connectivity index (χ1v) is 5.35. The van der Waals surface area contributed by atoms with Crippen LogP contribution in [0.1, 0.15) is 21.0 Å². The second-order valence-electron chi connectivity index (χ2n) is 3.05. The van der Waals surface area contributed by atoms with Gasteiger partial charge in [0.1, 0.15) is 12.0 Å². The van der Waals surface area contributed by atoms with Crippen molar-refractivity contribution < 1.29 is 13.9 Å². The van der Waals surface area contributed by atoms with E-state index in [0.29, 0.717) is 12.0 Å². The van der Waals surface area contributed by atoms with Crippen LogP contribution in [0.4, 0.5) is 0 Å². The fourth-order valence-electron chi connectivity index (χ4n) is 1.28. The molecule has 2 aromatic heterocycles. The van der Waals surface area contributed by atoms with E-state index >= 15 is 0 Å². The van der Waals surface area contributed by atoms with E-state index < -0.39 is 0 Å². The van der Waals surface area contributed by atoms with Crippen molar-refractivity contribution in [1.82, 2.24) is 0 Å². The highest BCUT2D eigenvalue weighted by molar-refractivity contribution is 7.09. The SMILES string of the molecule is COC(=O)c1coc(Cc2cccs2)c1. The maximum Gasteiger partial charge on any atom is 0.341 e. The summed E-state index contributed by atoms with van der Waals surface area (Å²) in [5.41, 5.74) is 0.462. The average molecular weight is 222 g/mol. The first-order valence-electron chi connectivity index (χ1n) is 4.47. The lowest BCUT2D eigenvalue weighted by Gasteiger charge is -1.91. The molecule has 0 radical (unpaired) electrons. The molecule has 0 saturated heterocycles. The summed E-state index contributed by atoms with van der Waals surface area (Å²) >= 11 is 1.66. The van der Waals surface area contributed by atoms with E-state index in [1.165, 1.54) is 18.3 Å². The fourth-order valence-corrected chi connectivity index (χ4v) is 2.00. The predicted molar refractivity (Wildman–Crippen MR) is 57.2 cm³/mol. The fraction of sp³-hybridized carbons (Fsp3) is 0.182. The second-order valence-corrected chi connectivity index (χ2v) is 4.08. The van der Waals surface area contributed by atoms with Gasteiger partial charge < -0.3 is 9.15 Å². The zero-order valence-corrected chi connectivity index (χ0v) is 9.04. The highest BCUT2D eigenvalue weighted by Gasteiger charge is 2.10. The van der Waals surface area contributed by atoms with Gasteiger partial charge in [0.15, 0.2) is 0 Å². The van der Waals surface area contributed by atoms with Crippen molar-refractivity contribution in [2.45, 2.75) is 6.42 Å². The number of ether oxygens (including phenoxy) is 1. The summed E-state index contributed by atoms with van der Waals surface area (Å²) < 4.78 is 9.86. The van der Waals surface area contributed by atoms with Gasteiger partial charge in [0.2, 0.25) is 0 Å². The van der Waals surface area contributed by atoms with Crippen LogP contribution >= 0.6 is 11.3 Å². The molecule has 4 heteroatoms. The molecule has 0 N–H and O–H groups in total. The van der Waals surface area contributed by atoms with Gasteiger partial charge in [0.25, 0.3) is 0 Å². The minimum atomic E-state index is -0.365. The van der Waals surface area contributed by atoms with E-state index in [1.807, 2.05) is 17.5 Å². The molecule has 2 rings (SSSR count). The van der Waals surface area contributed by atoms with Crippen LogP contribution in [-0.2, 0) is 11.2 Å². The normalized spacial score (nSPS) is 10.2. The zero-order chi connectivity index (χ0) is 10.7. The number of rotatable bonds is 3. The molecule has 15 heavy (non-hydrogen) atoms. The molecule has 0 fully saturated rings. The molecule has 0 bridgehead atoms. The number of thiophene rings is 1. The van der Waals surface area contributed by atoms with Crippen LogP contribution in [-0.4, -0.2) is 13.1 Å². The first kappa shape index (κ1) is 9.98. The number of methoxy groups -OCH3 is 1. The highest BCUT2D eigenvalue weighted by Crippen LogP contribution is 2.17. The van der Waals surface area contributed by atoms with Gasteiger partial charge in [0.05, 0.1) is 12.7 Å². The van der Waals surface area contributed by atoms with E-state index in [2.05, 4.69) is 4.74 Å². The van der Waals surface area contributed by atoms with E-state index in [0.717, 1.165) is 5.76 Å². The zero-order valence-electron chi connectivity index (χ0n) is 8.23. The van der Waals surface area contributed by atoms with Gasteiger partial charge in [-0.15, -0.1) is 11.3 Å². The smallest absolute Gasteiger partial charge is 0.341 e. The Balaban J connectivity index is 2.11. The van der Waals surface area contributed by atoms with Crippen LogP contribution in [0.15, 0.2) is 34.3 Å². The number of carbonyl (C=O) groups is 1. The molecule has 0 amide bonds. The lowest BCUT2D eigenvalue weighted by atomic mass is 10.2. The quantitative estimate of drug-likeness (QED) is 0.749. The molecule has 78 valence electrons. The molecular formula is C11H10O3S. The summed E-state index contributed by atoms with van der Waals surface area (Å²) in [5.74, 6) is 0.411. The number of carbonyl (C=O) groups excluding carboxylic acids is 1. The van der Waals surface area contributed by atoms with Crippen LogP contribution in [0.2, 0.25) is 0 Å². The van der Waals surface area contributed by atoms with Crippen molar-refractivity contribution in [1.29, 1.82) is 0 Å². The lowest BCUT2D eigenvalue weighted by molar-refractivity contribution is 0.0600. The van der Waals surface area contributed by atoms with Crippen molar-refractivity contribution in [3.63, 3.8) is 0 Å². The average Bonchev–Trinajstić information content (AvgIpc) is 2.88. The first-order chi connectivity index (χ1) is 7.29. The molecule has 0 aromatic carbocycles. The summed E-state index contributed by atoms with van der Waals surface area (Å²) in [7, 11) is 1.36. The van der Waals surface area contributed by atoms with Crippen LogP contribution in [0.5, 0.6) is 0 Å². The Labute approximate surface area is 91.3 Å². The van der Waals surface area contributed by atoms with Crippen molar-refractivity contribution >= 4 is 17.3 Å². The second kappa shape index (κ2) is 4.31. The number of furan rings is 1. The summed E-state index contributed by atoms with van der Waals surface area (Å²) in [6.45, 7) is 0. The topological polar surface area (TPSA) is 39.4 Å². The van der Waals surface area contributed by atoms with E-state index in [9.17, 15) is 4.79 Å². The molecule has 0 aliphatic rings. The molecule has 0 aliphatic heterocycles. The predicted octanol–water partition coefficient (Wildman–Crippen LogP) is 2.72. The third kappa shape index (κ3) is 2.27. The van der Waals surface area contributed by atoms with Gasteiger partial charge in [0, 0.05) is 11.3 Å². The Morgan fingerprint density at radius 2 is 2.47 bits per heavy atom. The minimum Gasteiger partial charge on any atom is -0.468 e. The van der Waals surface area contributed by atoms with Crippen LogP contribution in [0.25, 0.3) is 0 Å². The Morgan fingerprint density at radius 3 is 3.13 bits per heavy atom. The number of hydrogen-bond donors (Lipinski definition) is 0. The number of esters is 1. The van der Waals surface area contributed by atoms with Crippen LogP contribution in [0, 0.1) is 0 Å². The Kier molecular flexibility index (Phi) is 2.87. The Bertz CT molecular complexity index is 442. The summed E-state index contributed by atoms with van der Waals surface area (Å²) in [6, 6.07) is 5.74. The van der Waals surface area contributed by atoms with Gasteiger partial charge >= 0.3 is 5.97 Å². The van der Waals surface area contributed by atoms with Gasteiger partial charge in [-0.3, -0.25) is 0 Å². The molecule has 2 heterocycles. The molecule has 2 aromatic rings. The third-order valence-corrected chi connectivity index (χ3v) is 2.88. The monoisotopic (exact) mass is 222 g/mol. The van der Waals surface area contributed by atoms with Crippen molar-refractivity contribution in [2.75, 3.05) is 7.11 Å². The van der Waals surface area contributed by atoms with E-state index in [4.69, 9.17) is 4.42 Å². The highest BCUT2D eigenvalue weighted by atomic mass is 32.1. The van der Waals surface area contributed by atoms with Crippen molar-refractivity contribution in [3.8, 4) is 0 Å². The number of hydrogen-bond acceptors (Lipinski definition) is 4. The molecule has 0 spiro atoms. The maximum atomic E-state index is 11.1. The van der Waals surface area contributed by atoms with E-state index in [-0.39, 0.29) is 5.97 Å². The van der Waals surface area contributed by atoms with Gasteiger partial charge in [-0.1, -0.05) is 6.07 Å². The largest absolute Gasteiger partial charge is 0.468 e. The molecule has 0 unspecified atom stereocenters. The van der Waals surface area contributed by atoms with Crippen LogP contribution < -0.4 is 0 Å². The van der Waals surface area contributed by atoms with Gasteiger partial charge in [-0.05, 0) is 17.5 Å². The third-order valence-electron chi connectivity index (χ3n) is 2.00. The Hall–Kier alpha value is -1.55. The van der Waals surface area contributed by atoms with Gasteiger partial charge in [-0.2, -0.15) is 0 Å². The molecule has 0 aliphatic carbocycles. The molecular weight excluding hydrogens is 212 g/mol. The van der Waals surface area contributed by atoms with Crippen molar-refractivity contribution in [3.05, 3.63) is 46.0 Å². The molecule has 3 nitrogen and oxygen atoms in total. The lowest BCUT2D eigenvalue weighted by Crippen LogP contribution is -1.98. The summed E-state index contributed by atoms with van der Waals surface area (Å²) in [4.78, 5) is 12.4. The minimum absolute atomic E-state index is 0.365. The maximum absolute atomic E-state index is 11.1. The molecule has 0 saturated carbocycles. The Morgan fingerprint density at radius 1 is 1.60 bits per heavy atom. The summed E-state index contributed by atoms with van der Waals surface area (Å²) in [5, 5.41) is 2.01. The standard InChI is InChI=1S/C11H10O3S/c1-13-11(12)8-5-9(14-7-8)6-10-3-2-4-15-10/h2-5,7H,6H2,1H3. The van der Waals surface area contributed by atoms with E-state index in [1.54, 1.807) is 17.4 Å². The summed E-state index contributed by atoms with van der Waals surface area (Å²) in [6.07, 6.45) is 2.14. The van der Waals surface area contributed by atoms with Crippen LogP contribution in [0.3, 0.4) is 0 Å². The molecule has 0 atom stereocenters. The van der Waals surface area contributed by atoms with Crippen molar-refractivity contribution in [2.24, 2.45) is 0 Å².